The van der Waals surface area contributed by atoms with Gasteiger partial charge in [0.2, 0.25) is 11.8 Å². The first-order chi connectivity index (χ1) is 9.72. The number of benzene rings is 1. The topological polar surface area (TPSA) is 86.9 Å². The average molecular weight is 270 g/mol. The third kappa shape index (κ3) is 2.54. The molecule has 1 atom stereocenters. The number of aromatic nitrogens is 2. The first kappa shape index (κ1) is 12.4. The molecular formula is C14H14N4O2. The number of amides is 2. The van der Waals surface area contributed by atoms with Gasteiger partial charge in [-0.3, -0.25) is 14.7 Å². The number of hydrogen-bond acceptors (Lipinski definition) is 3. The summed E-state index contributed by atoms with van der Waals surface area (Å²) in [6.07, 6.45) is 2.65. The van der Waals surface area contributed by atoms with Crippen LogP contribution in [-0.2, 0) is 9.59 Å². The predicted octanol–water partition coefficient (Wildman–Crippen LogP) is 1.29. The number of hydrogen-bond donors (Lipinski definition) is 3. The fourth-order valence-corrected chi connectivity index (χ4v) is 2.19. The van der Waals surface area contributed by atoms with E-state index < -0.39 is 6.04 Å². The minimum Gasteiger partial charge on any atom is -0.344 e. The molecule has 20 heavy (non-hydrogen) atoms. The van der Waals surface area contributed by atoms with Gasteiger partial charge in [-0.15, -0.1) is 0 Å². The highest BCUT2D eigenvalue weighted by Gasteiger charge is 2.26. The summed E-state index contributed by atoms with van der Waals surface area (Å²) in [6, 6.07) is 8.90. The molecule has 1 aliphatic rings. The monoisotopic (exact) mass is 270 g/mol. The molecule has 3 rings (SSSR count). The average Bonchev–Trinajstić information content (AvgIpc) is 3.10. The van der Waals surface area contributed by atoms with Crippen molar-refractivity contribution < 1.29 is 9.59 Å². The Bertz CT molecular complexity index is 619. The minimum atomic E-state index is -0.421. The molecule has 102 valence electrons. The molecule has 0 spiro atoms. The quantitative estimate of drug-likeness (QED) is 0.785. The molecule has 1 aliphatic heterocycles. The second kappa shape index (κ2) is 5.16. The lowest BCUT2D eigenvalue weighted by Gasteiger charge is -2.11. The summed E-state index contributed by atoms with van der Waals surface area (Å²) >= 11 is 0. The zero-order chi connectivity index (χ0) is 13.9. The van der Waals surface area contributed by atoms with Crippen LogP contribution >= 0.6 is 0 Å². The summed E-state index contributed by atoms with van der Waals surface area (Å²) in [5.41, 5.74) is 2.63. The van der Waals surface area contributed by atoms with Gasteiger partial charge in [0.1, 0.15) is 6.04 Å². The molecule has 0 saturated carbocycles. The standard InChI is InChI=1S/C14H14N4O2/c19-13-6-5-12(17-13)14(20)16-10-3-1-9(2-4-10)11-7-8-15-18-11/h1-4,7-8,12H,5-6H2,(H,15,18)(H,16,20)(H,17,19)/t12-/m1/s1. The van der Waals surface area contributed by atoms with E-state index in [9.17, 15) is 9.59 Å². The fourth-order valence-electron chi connectivity index (χ4n) is 2.19. The van der Waals surface area contributed by atoms with Crippen LogP contribution in [0.4, 0.5) is 5.69 Å². The summed E-state index contributed by atoms with van der Waals surface area (Å²) in [7, 11) is 0. The summed E-state index contributed by atoms with van der Waals surface area (Å²) in [5.74, 6) is -0.245. The molecule has 6 nitrogen and oxygen atoms in total. The van der Waals surface area contributed by atoms with Gasteiger partial charge in [0.25, 0.3) is 0 Å². The summed E-state index contributed by atoms with van der Waals surface area (Å²) < 4.78 is 0. The van der Waals surface area contributed by atoms with Crippen molar-refractivity contribution in [3.05, 3.63) is 36.5 Å². The predicted molar refractivity (Wildman–Crippen MR) is 73.8 cm³/mol. The second-order valence-corrected chi connectivity index (χ2v) is 4.70. The molecule has 6 heteroatoms. The smallest absolute Gasteiger partial charge is 0.246 e. The Labute approximate surface area is 115 Å². The zero-order valence-electron chi connectivity index (χ0n) is 10.7. The number of anilines is 1. The number of nitrogens with zero attached hydrogens (tertiary/aromatic N) is 1. The molecule has 0 unspecified atom stereocenters. The van der Waals surface area contributed by atoms with Gasteiger partial charge in [-0.05, 0) is 30.2 Å². The van der Waals surface area contributed by atoms with Crippen molar-refractivity contribution in [2.75, 3.05) is 5.32 Å². The van der Waals surface area contributed by atoms with Crippen molar-refractivity contribution in [2.24, 2.45) is 0 Å². The molecule has 2 heterocycles. The molecule has 1 aromatic heterocycles. The number of rotatable bonds is 3. The van der Waals surface area contributed by atoms with Crippen LogP contribution in [0.15, 0.2) is 36.5 Å². The van der Waals surface area contributed by atoms with Crippen LogP contribution < -0.4 is 10.6 Å². The third-order valence-corrected chi connectivity index (χ3v) is 3.28. The molecule has 3 N–H and O–H groups in total. The van der Waals surface area contributed by atoms with E-state index in [0.717, 1.165) is 11.3 Å². The highest BCUT2D eigenvalue weighted by molar-refractivity contribution is 5.99. The van der Waals surface area contributed by atoms with Gasteiger partial charge in [0, 0.05) is 18.3 Å². The van der Waals surface area contributed by atoms with Gasteiger partial charge in [0.05, 0.1) is 5.69 Å². The molecule has 2 aromatic rings. The van der Waals surface area contributed by atoms with E-state index >= 15 is 0 Å². The Kier molecular flexibility index (Phi) is 3.20. The van der Waals surface area contributed by atoms with Gasteiger partial charge < -0.3 is 10.6 Å². The zero-order valence-corrected chi connectivity index (χ0v) is 10.7. The number of H-pyrrole nitrogens is 1. The summed E-state index contributed by atoms with van der Waals surface area (Å²) in [5, 5.41) is 12.2. The van der Waals surface area contributed by atoms with E-state index in [1.807, 2.05) is 30.3 Å². The maximum absolute atomic E-state index is 11.9. The Morgan fingerprint density at radius 1 is 1.25 bits per heavy atom. The molecule has 0 radical (unpaired) electrons. The number of aromatic amines is 1. The van der Waals surface area contributed by atoms with Crippen molar-refractivity contribution in [3.8, 4) is 11.3 Å². The normalized spacial score (nSPS) is 17.8. The van der Waals surface area contributed by atoms with Crippen LogP contribution in [0, 0.1) is 0 Å². The Balaban J connectivity index is 1.66. The van der Waals surface area contributed by atoms with E-state index in [0.29, 0.717) is 18.5 Å². The molecular weight excluding hydrogens is 256 g/mol. The van der Waals surface area contributed by atoms with Crippen molar-refractivity contribution in [1.82, 2.24) is 15.5 Å². The van der Waals surface area contributed by atoms with Crippen LogP contribution in [0.5, 0.6) is 0 Å². The van der Waals surface area contributed by atoms with E-state index in [4.69, 9.17) is 0 Å². The largest absolute Gasteiger partial charge is 0.344 e. The van der Waals surface area contributed by atoms with E-state index in [-0.39, 0.29) is 11.8 Å². The Hall–Kier alpha value is -2.63. The minimum absolute atomic E-state index is 0.0697. The van der Waals surface area contributed by atoms with Gasteiger partial charge in [-0.2, -0.15) is 5.10 Å². The first-order valence-corrected chi connectivity index (χ1v) is 6.42. The van der Waals surface area contributed by atoms with Crippen LogP contribution in [0.25, 0.3) is 11.3 Å². The van der Waals surface area contributed by atoms with E-state index in [2.05, 4.69) is 20.8 Å². The fraction of sp³-hybridized carbons (Fsp3) is 0.214. The second-order valence-electron chi connectivity index (χ2n) is 4.70. The van der Waals surface area contributed by atoms with Crippen LogP contribution in [0.1, 0.15) is 12.8 Å². The maximum Gasteiger partial charge on any atom is 0.246 e. The molecule has 0 aliphatic carbocycles. The number of carbonyl (C=O) groups excluding carboxylic acids is 2. The molecule has 2 amide bonds. The van der Waals surface area contributed by atoms with Crippen molar-refractivity contribution in [1.29, 1.82) is 0 Å². The van der Waals surface area contributed by atoms with Gasteiger partial charge in [0.15, 0.2) is 0 Å². The molecule has 1 fully saturated rings. The Morgan fingerprint density at radius 2 is 2.05 bits per heavy atom. The Morgan fingerprint density at radius 3 is 2.65 bits per heavy atom. The lowest BCUT2D eigenvalue weighted by Crippen LogP contribution is -2.37. The molecule has 1 aromatic carbocycles. The van der Waals surface area contributed by atoms with E-state index in [1.54, 1.807) is 6.20 Å². The number of carbonyl (C=O) groups is 2. The number of nitrogens with one attached hydrogen (secondary N) is 3. The maximum atomic E-state index is 11.9. The SMILES string of the molecule is O=C1CC[C@H](C(=O)Nc2ccc(-c3ccn[nH]3)cc2)N1. The highest BCUT2D eigenvalue weighted by atomic mass is 16.2. The van der Waals surface area contributed by atoms with Gasteiger partial charge >= 0.3 is 0 Å². The van der Waals surface area contributed by atoms with Crippen molar-refractivity contribution in [2.45, 2.75) is 18.9 Å². The van der Waals surface area contributed by atoms with Crippen molar-refractivity contribution in [3.63, 3.8) is 0 Å². The molecule has 1 saturated heterocycles. The van der Waals surface area contributed by atoms with Gasteiger partial charge in [-0.25, -0.2) is 0 Å². The van der Waals surface area contributed by atoms with Crippen molar-refractivity contribution >= 4 is 17.5 Å². The van der Waals surface area contributed by atoms with Crippen LogP contribution in [-0.4, -0.2) is 28.1 Å². The lowest BCUT2D eigenvalue weighted by molar-refractivity contribution is -0.122. The first-order valence-electron chi connectivity index (χ1n) is 6.42. The van der Waals surface area contributed by atoms with E-state index in [1.165, 1.54) is 0 Å². The highest BCUT2D eigenvalue weighted by Crippen LogP contribution is 2.19. The van der Waals surface area contributed by atoms with Crippen LogP contribution in [0.3, 0.4) is 0 Å². The lowest BCUT2D eigenvalue weighted by atomic mass is 10.1. The van der Waals surface area contributed by atoms with Crippen LogP contribution in [0.2, 0.25) is 0 Å². The molecule has 0 bridgehead atoms. The summed E-state index contributed by atoms with van der Waals surface area (Å²) in [6.45, 7) is 0. The summed E-state index contributed by atoms with van der Waals surface area (Å²) in [4.78, 5) is 23.0. The van der Waals surface area contributed by atoms with Gasteiger partial charge in [-0.1, -0.05) is 12.1 Å². The third-order valence-electron chi connectivity index (χ3n) is 3.28.